The summed E-state index contributed by atoms with van der Waals surface area (Å²) >= 11 is 3.41. The van der Waals surface area contributed by atoms with Crippen LogP contribution in [0.1, 0.15) is 10.5 Å². The summed E-state index contributed by atoms with van der Waals surface area (Å²) in [5.41, 5.74) is 0.768. The minimum atomic E-state index is 0.160. The van der Waals surface area contributed by atoms with Gasteiger partial charge in [-0.05, 0) is 33.8 Å². The van der Waals surface area contributed by atoms with Gasteiger partial charge in [0.2, 0.25) is 0 Å². The summed E-state index contributed by atoms with van der Waals surface area (Å²) in [5.74, 6) is 1.47. The highest BCUT2D eigenvalue weighted by molar-refractivity contribution is 9.10. The van der Waals surface area contributed by atoms with E-state index in [9.17, 15) is 4.79 Å². The van der Waals surface area contributed by atoms with Gasteiger partial charge in [0.25, 0.3) is 5.91 Å². The van der Waals surface area contributed by atoms with E-state index in [-0.39, 0.29) is 5.91 Å². The van der Waals surface area contributed by atoms with Gasteiger partial charge in [-0.1, -0.05) is 0 Å². The first-order chi connectivity index (χ1) is 8.15. The van der Waals surface area contributed by atoms with Crippen LogP contribution in [0.15, 0.2) is 16.7 Å². The van der Waals surface area contributed by atoms with E-state index in [0.717, 1.165) is 36.3 Å². The molecule has 0 bridgehead atoms. The number of likely N-dealkylation sites (tertiary alicyclic amines) is 1. The van der Waals surface area contributed by atoms with Crippen molar-refractivity contribution in [3.8, 4) is 0 Å². The second-order valence-electron chi connectivity index (χ2n) is 5.04. The van der Waals surface area contributed by atoms with Crippen molar-refractivity contribution in [1.82, 2.24) is 14.8 Å². The smallest absolute Gasteiger partial charge is 0.270 e. The second-order valence-corrected chi connectivity index (χ2v) is 5.96. The number of carbonyl (C=O) groups is 1. The lowest BCUT2D eigenvalue weighted by atomic mass is 10.0. The molecule has 1 amide bonds. The second kappa shape index (κ2) is 4.14. The van der Waals surface area contributed by atoms with Gasteiger partial charge in [0.05, 0.1) is 0 Å². The van der Waals surface area contributed by atoms with Crippen LogP contribution in [-0.2, 0) is 7.05 Å². The standard InChI is InChI=1S/C12H16BrN3O/c1-15-7-10(13)2-11(15)12(17)16-5-8-3-14-4-9(8)6-16/h2,7-9,14H,3-6H2,1H3/t8-,9+. The van der Waals surface area contributed by atoms with Crippen LogP contribution >= 0.6 is 15.9 Å². The van der Waals surface area contributed by atoms with Crippen molar-refractivity contribution in [3.05, 3.63) is 22.4 Å². The van der Waals surface area contributed by atoms with E-state index in [2.05, 4.69) is 21.2 Å². The Hall–Kier alpha value is -0.810. The molecule has 2 atom stereocenters. The number of hydrogen-bond acceptors (Lipinski definition) is 2. The third kappa shape index (κ3) is 1.91. The Labute approximate surface area is 109 Å². The highest BCUT2D eigenvalue weighted by atomic mass is 79.9. The maximum absolute atomic E-state index is 12.4. The summed E-state index contributed by atoms with van der Waals surface area (Å²) in [4.78, 5) is 14.4. The van der Waals surface area contributed by atoms with Gasteiger partial charge < -0.3 is 14.8 Å². The number of aromatic nitrogens is 1. The van der Waals surface area contributed by atoms with Crippen molar-refractivity contribution >= 4 is 21.8 Å². The van der Waals surface area contributed by atoms with E-state index < -0.39 is 0 Å². The monoisotopic (exact) mass is 297 g/mol. The van der Waals surface area contributed by atoms with E-state index in [0.29, 0.717) is 11.8 Å². The minimum absolute atomic E-state index is 0.160. The molecule has 1 aromatic heterocycles. The van der Waals surface area contributed by atoms with E-state index in [4.69, 9.17) is 0 Å². The summed E-state index contributed by atoms with van der Waals surface area (Å²) in [6, 6.07) is 1.90. The minimum Gasteiger partial charge on any atom is -0.345 e. The van der Waals surface area contributed by atoms with Gasteiger partial charge in [0.15, 0.2) is 0 Å². The van der Waals surface area contributed by atoms with Gasteiger partial charge >= 0.3 is 0 Å². The SMILES string of the molecule is Cn1cc(Br)cc1C(=O)N1C[C@H]2CNC[C@H]2C1. The molecule has 2 fully saturated rings. The first-order valence-electron chi connectivity index (χ1n) is 5.97. The number of fused-ring (bicyclic) bond motifs is 1. The number of aryl methyl sites for hydroxylation is 1. The molecule has 1 N–H and O–H groups in total. The van der Waals surface area contributed by atoms with Gasteiger partial charge in [-0.2, -0.15) is 0 Å². The Balaban J connectivity index is 1.77. The molecule has 0 unspecified atom stereocenters. The summed E-state index contributed by atoms with van der Waals surface area (Å²) in [7, 11) is 1.91. The predicted octanol–water partition coefficient (Wildman–Crippen LogP) is 1.08. The fourth-order valence-electron chi connectivity index (χ4n) is 2.92. The first kappa shape index (κ1) is 11.3. The van der Waals surface area contributed by atoms with Crippen molar-refractivity contribution in [3.63, 3.8) is 0 Å². The molecule has 2 saturated heterocycles. The molecule has 0 saturated carbocycles. The average Bonchev–Trinajstić information content (AvgIpc) is 2.90. The number of nitrogens with one attached hydrogen (secondary N) is 1. The van der Waals surface area contributed by atoms with E-state index in [1.165, 1.54) is 0 Å². The van der Waals surface area contributed by atoms with Crippen LogP contribution in [0, 0.1) is 11.8 Å². The number of nitrogens with zero attached hydrogens (tertiary/aromatic N) is 2. The fraction of sp³-hybridized carbons (Fsp3) is 0.583. The Morgan fingerprint density at radius 3 is 2.59 bits per heavy atom. The molecular weight excluding hydrogens is 282 g/mol. The van der Waals surface area contributed by atoms with Crippen LogP contribution in [0.25, 0.3) is 0 Å². The molecule has 3 heterocycles. The molecule has 17 heavy (non-hydrogen) atoms. The van der Waals surface area contributed by atoms with Gasteiger partial charge in [0, 0.05) is 43.9 Å². The van der Waals surface area contributed by atoms with Gasteiger partial charge in [-0.25, -0.2) is 0 Å². The topological polar surface area (TPSA) is 37.3 Å². The molecule has 3 rings (SSSR count). The quantitative estimate of drug-likeness (QED) is 0.842. The van der Waals surface area contributed by atoms with Crippen LogP contribution in [0.2, 0.25) is 0 Å². The fourth-order valence-corrected chi connectivity index (χ4v) is 3.44. The summed E-state index contributed by atoms with van der Waals surface area (Å²) < 4.78 is 2.85. The number of rotatable bonds is 1. The molecule has 0 radical (unpaired) electrons. The third-order valence-corrected chi connectivity index (χ3v) is 4.30. The highest BCUT2D eigenvalue weighted by Crippen LogP contribution is 2.28. The van der Waals surface area contributed by atoms with Crippen LogP contribution < -0.4 is 5.32 Å². The van der Waals surface area contributed by atoms with E-state index in [1.807, 2.05) is 28.8 Å². The highest BCUT2D eigenvalue weighted by Gasteiger charge is 2.38. The predicted molar refractivity (Wildman–Crippen MR) is 68.9 cm³/mol. The maximum atomic E-state index is 12.4. The van der Waals surface area contributed by atoms with Crippen molar-refractivity contribution in [2.75, 3.05) is 26.2 Å². The Bertz CT molecular complexity index is 445. The lowest BCUT2D eigenvalue weighted by Gasteiger charge is -2.17. The molecule has 0 aliphatic carbocycles. The zero-order valence-electron chi connectivity index (χ0n) is 9.82. The molecule has 92 valence electrons. The largest absolute Gasteiger partial charge is 0.345 e. The Kier molecular flexibility index (Phi) is 2.75. The third-order valence-electron chi connectivity index (χ3n) is 3.87. The normalized spacial score (nSPS) is 27.5. The van der Waals surface area contributed by atoms with Crippen LogP contribution in [0.4, 0.5) is 0 Å². The zero-order valence-corrected chi connectivity index (χ0v) is 11.4. The lowest BCUT2D eigenvalue weighted by Crippen LogP contribution is -2.32. The number of halogens is 1. The van der Waals surface area contributed by atoms with Crippen molar-refractivity contribution < 1.29 is 4.79 Å². The summed E-state index contributed by atoms with van der Waals surface area (Å²) in [5, 5.41) is 3.39. The molecule has 0 aromatic carbocycles. The first-order valence-corrected chi connectivity index (χ1v) is 6.76. The van der Waals surface area contributed by atoms with Crippen molar-refractivity contribution in [1.29, 1.82) is 0 Å². The number of amides is 1. The molecule has 2 aliphatic heterocycles. The van der Waals surface area contributed by atoms with Crippen molar-refractivity contribution in [2.45, 2.75) is 0 Å². The average molecular weight is 298 g/mol. The molecule has 5 heteroatoms. The summed E-state index contributed by atoms with van der Waals surface area (Å²) in [6.07, 6.45) is 1.92. The van der Waals surface area contributed by atoms with Gasteiger partial charge in [-0.15, -0.1) is 0 Å². The van der Waals surface area contributed by atoms with Crippen LogP contribution in [0.3, 0.4) is 0 Å². The molecule has 0 spiro atoms. The molecular formula is C12H16BrN3O. The Morgan fingerprint density at radius 1 is 1.41 bits per heavy atom. The van der Waals surface area contributed by atoms with Crippen molar-refractivity contribution in [2.24, 2.45) is 18.9 Å². The summed E-state index contributed by atoms with van der Waals surface area (Å²) in [6.45, 7) is 3.93. The number of hydrogen-bond donors (Lipinski definition) is 1. The van der Waals surface area contributed by atoms with Gasteiger partial charge in [-0.3, -0.25) is 4.79 Å². The lowest BCUT2D eigenvalue weighted by molar-refractivity contribution is 0.0772. The molecule has 2 aliphatic rings. The van der Waals surface area contributed by atoms with E-state index >= 15 is 0 Å². The Morgan fingerprint density at radius 2 is 2.06 bits per heavy atom. The maximum Gasteiger partial charge on any atom is 0.270 e. The van der Waals surface area contributed by atoms with Crippen LogP contribution in [0.5, 0.6) is 0 Å². The van der Waals surface area contributed by atoms with Gasteiger partial charge in [0.1, 0.15) is 5.69 Å². The van der Waals surface area contributed by atoms with E-state index in [1.54, 1.807) is 0 Å². The zero-order chi connectivity index (χ0) is 12.0. The van der Waals surface area contributed by atoms with Crippen LogP contribution in [-0.4, -0.2) is 41.6 Å². The molecule has 1 aromatic rings. The molecule has 4 nitrogen and oxygen atoms in total. The number of carbonyl (C=O) groups excluding carboxylic acids is 1.